The van der Waals surface area contributed by atoms with Gasteiger partial charge in [-0.05, 0) is 65.7 Å². The summed E-state index contributed by atoms with van der Waals surface area (Å²) in [4.78, 5) is 0. The van der Waals surface area contributed by atoms with Crippen molar-refractivity contribution in [2.45, 2.75) is 25.8 Å². The highest BCUT2D eigenvalue weighted by Crippen LogP contribution is 2.25. The van der Waals surface area contributed by atoms with Crippen molar-refractivity contribution in [3.05, 3.63) is 51.1 Å². The highest BCUT2D eigenvalue weighted by Gasteiger charge is 2.14. The molecule has 1 unspecified atom stereocenters. The molecule has 20 heavy (non-hydrogen) atoms. The van der Waals surface area contributed by atoms with E-state index in [0.29, 0.717) is 0 Å². The number of aromatic nitrogens is 2. The third-order valence-corrected chi connectivity index (χ3v) is 4.33. The SMILES string of the molecule is CCNC(CCc1ccnn1C)c1ccc(F)cc1I. The summed E-state index contributed by atoms with van der Waals surface area (Å²) in [6.45, 7) is 2.98. The topological polar surface area (TPSA) is 29.9 Å². The Morgan fingerprint density at radius 3 is 2.80 bits per heavy atom. The van der Waals surface area contributed by atoms with Crippen LogP contribution in [-0.4, -0.2) is 16.3 Å². The second-order valence-electron chi connectivity index (χ2n) is 4.76. The molecule has 0 amide bonds. The Kier molecular flexibility index (Phi) is 5.54. The molecule has 3 nitrogen and oxygen atoms in total. The average Bonchev–Trinajstić information content (AvgIpc) is 2.81. The lowest BCUT2D eigenvalue weighted by Crippen LogP contribution is -2.22. The van der Waals surface area contributed by atoms with E-state index >= 15 is 0 Å². The van der Waals surface area contributed by atoms with Crippen LogP contribution < -0.4 is 5.32 Å². The van der Waals surface area contributed by atoms with E-state index in [-0.39, 0.29) is 11.9 Å². The number of nitrogens with zero attached hydrogens (tertiary/aromatic N) is 2. The third-order valence-electron chi connectivity index (χ3n) is 3.40. The predicted octanol–water partition coefficient (Wildman–Crippen LogP) is 3.45. The molecule has 1 atom stereocenters. The number of halogens is 2. The highest BCUT2D eigenvalue weighted by molar-refractivity contribution is 14.1. The van der Waals surface area contributed by atoms with Crippen LogP contribution in [0.25, 0.3) is 0 Å². The van der Waals surface area contributed by atoms with Gasteiger partial charge in [-0.15, -0.1) is 0 Å². The molecule has 1 aromatic carbocycles. The van der Waals surface area contributed by atoms with Crippen LogP contribution in [0.3, 0.4) is 0 Å². The van der Waals surface area contributed by atoms with Crippen LogP contribution in [0.4, 0.5) is 4.39 Å². The Balaban J connectivity index is 2.12. The Morgan fingerprint density at radius 1 is 1.40 bits per heavy atom. The van der Waals surface area contributed by atoms with Crippen LogP contribution in [0.1, 0.15) is 30.6 Å². The van der Waals surface area contributed by atoms with Gasteiger partial charge in [0.05, 0.1) is 0 Å². The Labute approximate surface area is 132 Å². The molecule has 0 saturated heterocycles. The van der Waals surface area contributed by atoms with Gasteiger partial charge in [-0.25, -0.2) is 4.39 Å². The molecule has 0 spiro atoms. The highest BCUT2D eigenvalue weighted by atomic mass is 127. The van der Waals surface area contributed by atoms with Crippen molar-refractivity contribution >= 4 is 22.6 Å². The Hall–Kier alpha value is -0.950. The van der Waals surface area contributed by atoms with E-state index in [0.717, 1.165) is 28.5 Å². The molecule has 108 valence electrons. The molecule has 1 aromatic heterocycles. The summed E-state index contributed by atoms with van der Waals surface area (Å²) < 4.78 is 16.1. The van der Waals surface area contributed by atoms with E-state index < -0.39 is 0 Å². The van der Waals surface area contributed by atoms with Crippen LogP contribution in [0, 0.1) is 9.39 Å². The van der Waals surface area contributed by atoms with Gasteiger partial charge < -0.3 is 5.32 Å². The van der Waals surface area contributed by atoms with E-state index in [1.807, 2.05) is 30.1 Å². The number of rotatable bonds is 6. The fourth-order valence-corrected chi connectivity index (χ4v) is 3.19. The van der Waals surface area contributed by atoms with Crippen molar-refractivity contribution < 1.29 is 4.39 Å². The monoisotopic (exact) mass is 387 g/mol. The molecule has 0 radical (unpaired) electrons. The van der Waals surface area contributed by atoms with Crippen molar-refractivity contribution in [3.63, 3.8) is 0 Å². The first-order valence-corrected chi connectivity index (χ1v) is 7.85. The number of nitrogens with one attached hydrogen (secondary N) is 1. The molecule has 0 aliphatic heterocycles. The van der Waals surface area contributed by atoms with Crippen molar-refractivity contribution in [3.8, 4) is 0 Å². The summed E-state index contributed by atoms with van der Waals surface area (Å²) in [6.07, 6.45) is 3.73. The Morgan fingerprint density at radius 2 is 2.20 bits per heavy atom. The summed E-state index contributed by atoms with van der Waals surface area (Å²) in [5, 5.41) is 7.67. The van der Waals surface area contributed by atoms with Gasteiger partial charge in [-0.3, -0.25) is 4.68 Å². The summed E-state index contributed by atoms with van der Waals surface area (Å²) in [6, 6.07) is 7.28. The third kappa shape index (κ3) is 3.79. The fraction of sp³-hybridized carbons (Fsp3) is 0.400. The maximum Gasteiger partial charge on any atom is 0.124 e. The van der Waals surface area contributed by atoms with Crippen molar-refractivity contribution in [2.24, 2.45) is 7.05 Å². The maximum atomic E-state index is 13.2. The van der Waals surface area contributed by atoms with E-state index in [2.05, 4.69) is 39.9 Å². The second-order valence-corrected chi connectivity index (χ2v) is 5.92. The predicted molar refractivity (Wildman–Crippen MR) is 87.1 cm³/mol. The van der Waals surface area contributed by atoms with Crippen molar-refractivity contribution in [2.75, 3.05) is 6.54 Å². The smallest absolute Gasteiger partial charge is 0.124 e. The first-order valence-electron chi connectivity index (χ1n) is 6.77. The van der Waals surface area contributed by atoms with Gasteiger partial charge in [0.2, 0.25) is 0 Å². The zero-order chi connectivity index (χ0) is 14.5. The van der Waals surface area contributed by atoms with Crippen LogP contribution in [0.2, 0.25) is 0 Å². The first-order chi connectivity index (χ1) is 9.61. The lowest BCUT2D eigenvalue weighted by molar-refractivity contribution is 0.503. The van der Waals surface area contributed by atoms with Gasteiger partial charge in [-0.2, -0.15) is 5.10 Å². The second kappa shape index (κ2) is 7.17. The molecule has 2 rings (SSSR count). The number of hydrogen-bond donors (Lipinski definition) is 1. The van der Waals surface area contributed by atoms with Gasteiger partial charge in [0.15, 0.2) is 0 Å². The number of aryl methyl sites for hydroxylation is 2. The summed E-state index contributed by atoms with van der Waals surface area (Å²) >= 11 is 2.20. The molecule has 5 heteroatoms. The molecular weight excluding hydrogens is 368 g/mol. The minimum absolute atomic E-state index is 0.181. The summed E-state index contributed by atoms with van der Waals surface area (Å²) in [5.74, 6) is -0.181. The summed E-state index contributed by atoms with van der Waals surface area (Å²) in [5.41, 5.74) is 2.38. The Bertz CT molecular complexity index is 568. The van der Waals surface area contributed by atoms with Crippen molar-refractivity contribution in [1.82, 2.24) is 15.1 Å². The molecule has 2 aromatic rings. The molecular formula is C15H19FIN3. The molecule has 0 aliphatic carbocycles. The van der Waals surface area contributed by atoms with E-state index in [1.165, 1.54) is 11.8 Å². The van der Waals surface area contributed by atoms with Crippen molar-refractivity contribution in [1.29, 1.82) is 0 Å². The average molecular weight is 387 g/mol. The van der Waals surface area contributed by atoms with Gasteiger partial charge in [0.25, 0.3) is 0 Å². The quantitative estimate of drug-likeness (QED) is 0.770. The zero-order valence-electron chi connectivity index (χ0n) is 11.7. The minimum atomic E-state index is -0.181. The van der Waals surface area contributed by atoms with Crippen LogP contribution in [-0.2, 0) is 13.5 Å². The maximum absolute atomic E-state index is 13.2. The number of benzene rings is 1. The molecule has 1 heterocycles. The van der Waals surface area contributed by atoms with Gasteiger partial charge in [0.1, 0.15) is 5.82 Å². The largest absolute Gasteiger partial charge is 0.310 e. The lowest BCUT2D eigenvalue weighted by Gasteiger charge is -2.20. The van der Waals surface area contributed by atoms with Crippen LogP contribution in [0.5, 0.6) is 0 Å². The zero-order valence-corrected chi connectivity index (χ0v) is 13.9. The van der Waals surface area contributed by atoms with Gasteiger partial charge in [-0.1, -0.05) is 13.0 Å². The van der Waals surface area contributed by atoms with Gasteiger partial charge >= 0.3 is 0 Å². The standard InChI is InChI=1S/C15H19FIN3/c1-3-18-15(7-5-12-8-9-19-20(12)2)13-6-4-11(16)10-14(13)17/h4,6,8-10,15,18H,3,5,7H2,1-2H3. The molecule has 0 aliphatic rings. The molecule has 0 saturated carbocycles. The molecule has 1 N–H and O–H groups in total. The first kappa shape index (κ1) is 15.4. The number of hydrogen-bond acceptors (Lipinski definition) is 2. The van der Waals surface area contributed by atoms with E-state index in [4.69, 9.17) is 0 Å². The summed E-state index contributed by atoms with van der Waals surface area (Å²) in [7, 11) is 1.96. The lowest BCUT2D eigenvalue weighted by atomic mass is 10.0. The van der Waals surface area contributed by atoms with E-state index in [9.17, 15) is 4.39 Å². The van der Waals surface area contributed by atoms with Crippen LogP contribution in [0.15, 0.2) is 30.5 Å². The normalized spacial score (nSPS) is 12.6. The molecule has 0 fully saturated rings. The minimum Gasteiger partial charge on any atom is -0.310 e. The van der Waals surface area contributed by atoms with Crippen LogP contribution >= 0.6 is 22.6 Å². The van der Waals surface area contributed by atoms with Gasteiger partial charge in [0, 0.05) is 28.6 Å². The fourth-order valence-electron chi connectivity index (χ4n) is 2.34. The molecule has 0 bridgehead atoms. The van der Waals surface area contributed by atoms with E-state index in [1.54, 1.807) is 6.07 Å².